The molecule has 0 aliphatic carbocycles. The Balaban J connectivity index is 3.33. The van der Waals surface area contributed by atoms with Gasteiger partial charge in [-0.1, -0.05) is 47.6 Å². The zero-order valence-corrected chi connectivity index (χ0v) is 30.3. The summed E-state index contributed by atoms with van der Waals surface area (Å²) in [4.78, 5) is 76.5. The van der Waals surface area contributed by atoms with E-state index in [1.54, 1.807) is 41.5 Å². The molecule has 1 rings (SSSR count). The van der Waals surface area contributed by atoms with Crippen LogP contribution in [0.5, 0.6) is 0 Å². The Hall–Kier alpha value is -4.33. The molecule has 282 valence electrons. The summed E-state index contributed by atoms with van der Waals surface area (Å²) >= 11 is 0. The normalized spacial score (nSPS) is 13.3. The van der Waals surface area contributed by atoms with Gasteiger partial charge < -0.3 is 48.1 Å². The molecule has 19 heteroatoms. The molecule has 0 heterocycles. The Kier molecular flexibility index (Phi) is 18.4. The van der Waals surface area contributed by atoms with Gasteiger partial charge in [-0.25, -0.2) is 18.4 Å². The van der Waals surface area contributed by atoms with Crippen LogP contribution in [0.2, 0.25) is 0 Å². The van der Waals surface area contributed by atoms with Gasteiger partial charge in [0.2, 0.25) is 27.7 Å². The van der Waals surface area contributed by atoms with Crippen LogP contribution in [0, 0.1) is 11.8 Å². The smallest absolute Gasteiger partial charge is 0.312 e. The Morgan fingerprint density at radius 3 is 2.06 bits per heavy atom. The fourth-order valence-corrected chi connectivity index (χ4v) is 5.20. The van der Waals surface area contributed by atoms with Crippen molar-refractivity contribution in [2.45, 2.75) is 85.2 Å². The van der Waals surface area contributed by atoms with Crippen molar-refractivity contribution >= 4 is 51.3 Å². The van der Waals surface area contributed by atoms with Crippen LogP contribution < -0.4 is 48.5 Å². The molecular weight excluding hydrogens is 674 g/mol. The fraction of sp³-hybridized carbons (Fsp3) is 0.613. The summed E-state index contributed by atoms with van der Waals surface area (Å²) in [6.07, 6.45) is 0.230. The van der Waals surface area contributed by atoms with Crippen molar-refractivity contribution < 1.29 is 41.9 Å². The lowest BCUT2D eigenvalue weighted by Gasteiger charge is -2.28. The minimum Gasteiger partial charge on any atom is -0.461 e. The molecule has 1 aromatic carbocycles. The highest BCUT2D eigenvalue weighted by Crippen LogP contribution is 2.19. The van der Waals surface area contributed by atoms with Crippen molar-refractivity contribution in [3.05, 3.63) is 29.3 Å². The van der Waals surface area contributed by atoms with Crippen LogP contribution in [0.15, 0.2) is 18.2 Å². The fourth-order valence-electron chi connectivity index (χ4n) is 4.49. The second kappa shape index (κ2) is 21.0. The van der Waals surface area contributed by atoms with Crippen LogP contribution in [-0.2, 0) is 40.5 Å². The van der Waals surface area contributed by atoms with E-state index < -0.39 is 81.4 Å². The average Bonchev–Trinajstić information content (AvgIpc) is 3.01. The molecule has 0 aromatic heterocycles. The third-order valence-corrected chi connectivity index (χ3v) is 7.79. The summed E-state index contributed by atoms with van der Waals surface area (Å²) in [7, 11) is -4.06. The van der Waals surface area contributed by atoms with Gasteiger partial charge in [0.15, 0.2) is 0 Å². The van der Waals surface area contributed by atoms with Crippen molar-refractivity contribution in [1.82, 2.24) is 26.6 Å². The lowest BCUT2D eigenvalue weighted by Crippen LogP contribution is -2.59. The predicted octanol–water partition coefficient (Wildman–Crippen LogP) is -1.26. The van der Waals surface area contributed by atoms with E-state index in [0.717, 1.165) is 0 Å². The SMILES string of the molecule is CC(C)N[C@@H](CS(N)(=O)=O)C(=O)N[C@H](C(=O)N[C@@H](CCCNC(N)=O)C(=O)Nc1ccc(COC(=O)C(C)C)c(C(=O)NCCN)c1)C(C)C. The van der Waals surface area contributed by atoms with E-state index in [1.807, 2.05) is 0 Å². The second-order valence-corrected chi connectivity index (χ2v) is 14.3. The maximum Gasteiger partial charge on any atom is 0.312 e. The molecule has 1 aromatic rings. The van der Waals surface area contributed by atoms with E-state index in [-0.39, 0.29) is 56.4 Å². The summed E-state index contributed by atoms with van der Waals surface area (Å²) < 4.78 is 28.9. The third-order valence-electron chi connectivity index (χ3n) is 6.99. The average molecular weight is 728 g/mol. The highest BCUT2D eigenvalue weighted by atomic mass is 32.2. The van der Waals surface area contributed by atoms with Gasteiger partial charge in [-0.3, -0.25) is 24.0 Å². The number of primary sulfonamides is 1. The number of benzene rings is 1. The number of amides is 6. The zero-order chi connectivity index (χ0) is 38.2. The molecule has 0 spiro atoms. The van der Waals surface area contributed by atoms with E-state index in [4.69, 9.17) is 21.3 Å². The Morgan fingerprint density at radius 2 is 1.52 bits per heavy atom. The standard InChI is InChI=1S/C31H53N9O9S/c1-17(2)25(40-28(43)24(37-19(5)6)16-50(34,47)48)29(44)39-23(8-7-12-36-31(33)46)27(42)38-21-10-9-20(15-49-30(45)18(3)4)22(14-21)26(41)35-13-11-32/h9-10,14,17-19,23-25,37H,7-8,11-13,15-16,32H2,1-6H3,(H,35,41)(H,38,42)(H,39,44)(H,40,43)(H3,33,36,46)(H2,34,47,48)/t23-,24-,25-/m0/s1. The first-order valence-electron chi connectivity index (χ1n) is 16.2. The summed E-state index contributed by atoms with van der Waals surface area (Å²) in [5.41, 5.74) is 11.3. The van der Waals surface area contributed by atoms with Crippen LogP contribution in [0.25, 0.3) is 0 Å². The van der Waals surface area contributed by atoms with Crippen molar-refractivity contribution in [2.24, 2.45) is 28.4 Å². The van der Waals surface area contributed by atoms with Gasteiger partial charge in [0.25, 0.3) is 5.91 Å². The molecular formula is C31H53N9O9S. The maximum absolute atomic E-state index is 13.6. The molecule has 0 saturated heterocycles. The number of nitrogens with two attached hydrogens (primary N) is 3. The predicted molar refractivity (Wildman–Crippen MR) is 187 cm³/mol. The first-order chi connectivity index (χ1) is 23.2. The first kappa shape index (κ1) is 43.7. The molecule has 0 radical (unpaired) electrons. The largest absolute Gasteiger partial charge is 0.461 e. The number of anilines is 1. The van der Waals surface area contributed by atoms with Gasteiger partial charge in [0.05, 0.1) is 11.7 Å². The topological polar surface area (TPSA) is 296 Å². The molecule has 3 atom stereocenters. The third kappa shape index (κ3) is 16.4. The first-order valence-corrected chi connectivity index (χ1v) is 18.0. The Labute approximate surface area is 293 Å². The molecule has 0 aliphatic rings. The van der Waals surface area contributed by atoms with Crippen LogP contribution in [-0.4, -0.2) is 93.6 Å². The van der Waals surface area contributed by atoms with Gasteiger partial charge in [-0.15, -0.1) is 0 Å². The lowest BCUT2D eigenvalue weighted by molar-refractivity contribution is -0.148. The number of hydrogen-bond donors (Lipinski definition) is 9. The van der Waals surface area contributed by atoms with Gasteiger partial charge in [-0.05, 0) is 30.9 Å². The van der Waals surface area contributed by atoms with E-state index in [2.05, 4.69) is 31.9 Å². The number of urea groups is 1. The molecule has 50 heavy (non-hydrogen) atoms. The summed E-state index contributed by atoms with van der Waals surface area (Å²) in [5.74, 6) is -4.80. The van der Waals surface area contributed by atoms with E-state index >= 15 is 0 Å². The molecule has 0 fully saturated rings. The number of carbonyl (C=O) groups is 6. The van der Waals surface area contributed by atoms with Crippen LogP contribution in [0.3, 0.4) is 0 Å². The lowest BCUT2D eigenvalue weighted by atomic mass is 10.0. The number of sulfonamides is 1. The number of primary amides is 1. The monoisotopic (exact) mass is 727 g/mol. The van der Waals surface area contributed by atoms with Gasteiger partial charge in [0, 0.05) is 42.5 Å². The summed E-state index contributed by atoms with van der Waals surface area (Å²) in [6, 6.07) is -0.327. The zero-order valence-electron chi connectivity index (χ0n) is 29.5. The molecule has 18 nitrogen and oxygen atoms in total. The molecule has 12 N–H and O–H groups in total. The van der Waals surface area contributed by atoms with E-state index in [9.17, 15) is 37.2 Å². The van der Waals surface area contributed by atoms with Gasteiger partial charge in [0.1, 0.15) is 24.7 Å². The van der Waals surface area contributed by atoms with Crippen molar-refractivity contribution in [3.63, 3.8) is 0 Å². The summed E-state index contributed by atoms with van der Waals surface area (Å²) in [6.45, 7) is 10.3. The second-order valence-electron chi connectivity index (χ2n) is 12.6. The van der Waals surface area contributed by atoms with Crippen LogP contribution in [0.1, 0.15) is 70.3 Å². The minimum atomic E-state index is -4.06. The minimum absolute atomic E-state index is 0.0205. The highest BCUT2D eigenvalue weighted by molar-refractivity contribution is 7.89. The quantitative estimate of drug-likeness (QED) is 0.0532. The number of carbonyl (C=O) groups excluding carboxylic acids is 6. The highest BCUT2D eigenvalue weighted by Gasteiger charge is 2.32. The molecule has 0 saturated carbocycles. The van der Waals surface area contributed by atoms with Gasteiger partial charge >= 0.3 is 12.0 Å². The van der Waals surface area contributed by atoms with Crippen LogP contribution >= 0.6 is 0 Å². The maximum atomic E-state index is 13.6. The van der Waals surface area contributed by atoms with Gasteiger partial charge in [-0.2, -0.15) is 0 Å². The number of nitrogens with one attached hydrogen (secondary N) is 6. The number of rotatable bonds is 21. The van der Waals surface area contributed by atoms with E-state index in [0.29, 0.717) is 5.56 Å². The molecule has 0 aliphatic heterocycles. The van der Waals surface area contributed by atoms with Crippen molar-refractivity contribution in [3.8, 4) is 0 Å². The number of hydrogen-bond acceptors (Lipinski definition) is 11. The van der Waals surface area contributed by atoms with E-state index in [1.165, 1.54) is 18.2 Å². The Morgan fingerprint density at radius 1 is 0.860 bits per heavy atom. The number of esters is 1. The molecule has 0 unspecified atom stereocenters. The van der Waals surface area contributed by atoms with Crippen molar-refractivity contribution in [2.75, 3.05) is 30.7 Å². The molecule has 0 bridgehead atoms. The Bertz CT molecular complexity index is 1450. The van der Waals surface area contributed by atoms with Crippen LogP contribution in [0.4, 0.5) is 10.5 Å². The van der Waals surface area contributed by atoms with Crippen molar-refractivity contribution in [1.29, 1.82) is 0 Å². The molecule has 6 amide bonds. The number of ether oxygens (including phenoxy) is 1. The summed E-state index contributed by atoms with van der Waals surface area (Å²) in [5, 5.41) is 20.9.